The fraction of sp³-hybridized carbons (Fsp3) is 0.857. The number of methoxy groups -OCH3 is 1. The van der Waals surface area contributed by atoms with Crippen LogP contribution in [0.3, 0.4) is 0 Å². The Morgan fingerprint density at radius 3 is 2.48 bits per heavy atom. The molecule has 0 saturated carbocycles. The third-order valence-corrected chi connectivity index (χ3v) is 3.72. The Morgan fingerprint density at radius 2 is 1.95 bits per heavy atom. The molecule has 1 saturated heterocycles. The zero-order valence-electron chi connectivity index (χ0n) is 13.1. The molecule has 1 aliphatic rings. The molecule has 1 heterocycles. The van der Waals surface area contributed by atoms with Gasteiger partial charge in [0, 0.05) is 13.7 Å². The molecule has 124 valence electrons. The van der Waals surface area contributed by atoms with Gasteiger partial charge in [-0.1, -0.05) is 6.92 Å². The van der Waals surface area contributed by atoms with Crippen molar-refractivity contribution in [3.8, 4) is 0 Å². The number of ether oxygens (including phenoxy) is 2. The van der Waals surface area contributed by atoms with Crippen LogP contribution in [-0.2, 0) is 19.1 Å². The lowest BCUT2D eigenvalue weighted by Crippen LogP contribution is -2.51. The van der Waals surface area contributed by atoms with E-state index < -0.39 is 5.41 Å². The minimum absolute atomic E-state index is 0. The first-order chi connectivity index (χ1) is 9.55. The van der Waals surface area contributed by atoms with Gasteiger partial charge in [-0.05, 0) is 32.9 Å². The number of piperidine rings is 1. The normalized spacial score (nSPS) is 18.2. The molecule has 0 aromatic carbocycles. The second-order valence-corrected chi connectivity index (χ2v) is 5.33. The van der Waals surface area contributed by atoms with Crippen LogP contribution in [0.15, 0.2) is 0 Å². The van der Waals surface area contributed by atoms with Crippen LogP contribution in [0.4, 0.5) is 0 Å². The Bertz CT molecular complexity index is 327. The molecule has 0 aliphatic carbocycles. The van der Waals surface area contributed by atoms with Crippen LogP contribution in [0.2, 0.25) is 0 Å². The molecule has 1 atom stereocenters. The molecule has 2 N–H and O–H groups in total. The highest BCUT2D eigenvalue weighted by molar-refractivity contribution is 5.85. The maximum absolute atomic E-state index is 12.4. The maximum atomic E-state index is 12.4. The van der Waals surface area contributed by atoms with Crippen LogP contribution in [0.5, 0.6) is 0 Å². The second kappa shape index (κ2) is 9.97. The van der Waals surface area contributed by atoms with E-state index in [0.717, 1.165) is 25.9 Å². The predicted molar refractivity (Wildman–Crippen MR) is 82.5 cm³/mol. The van der Waals surface area contributed by atoms with E-state index in [1.54, 1.807) is 21.0 Å². The van der Waals surface area contributed by atoms with E-state index in [1.807, 2.05) is 0 Å². The summed E-state index contributed by atoms with van der Waals surface area (Å²) in [5.41, 5.74) is -0.478. The van der Waals surface area contributed by atoms with Crippen molar-refractivity contribution in [2.45, 2.75) is 26.7 Å². The van der Waals surface area contributed by atoms with E-state index in [0.29, 0.717) is 19.8 Å². The average Bonchev–Trinajstić information content (AvgIpc) is 2.45. The van der Waals surface area contributed by atoms with Gasteiger partial charge in [0.1, 0.15) is 0 Å². The molecule has 1 aliphatic heterocycles. The van der Waals surface area contributed by atoms with Crippen molar-refractivity contribution in [1.29, 1.82) is 0 Å². The minimum Gasteiger partial charge on any atom is -0.466 e. The summed E-state index contributed by atoms with van der Waals surface area (Å²) in [5.74, 6) is -0.642. The summed E-state index contributed by atoms with van der Waals surface area (Å²) >= 11 is 0. The first kappa shape index (κ1) is 20.1. The first-order valence-electron chi connectivity index (χ1n) is 7.20. The van der Waals surface area contributed by atoms with E-state index in [1.165, 1.54) is 0 Å². The van der Waals surface area contributed by atoms with Crippen molar-refractivity contribution in [3.05, 3.63) is 0 Å². The molecule has 0 spiro atoms. The molecule has 1 unspecified atom stereocenters. The number of nitrogens with one attached hydrogen (secondary N) is 2. The smallest absolute Gasteiger partial charge is 0.310 e. The fourth-order valence-corrected chi connectivity index (χ4v) is 2.42. The molecule has 1 fully saturated rings. The number of amides is 1. The summed E-state index contributed by atoms with van der Waals surface area (Å²) in [7, 11) is 1.61. The number of hydrogen-bond donors (Lipinski definition) is 2. The summed E-state index contributed by atoms with van der Waals surface area (Å²) in [6.07, 6.45) is 1.50. The second-order valence-electron chi connectivity index (χ2n) is 5.33. The Kier molecular flexibility index (Phi) is 9.57. The lowest BCUT2D eigenvalue weighted by Gasteiger charge is -2.35. The zero-order valence-corrected chi connectivity index (χ0v) is 13.9. The third kappa shape index (κ3) is 5.80. The molecule has 0 radical (unpaired) electrons. The molecule has 0 aromatic rings. The molecule has 0 bridgehead atoms. The van der Waals surface area contributed by atoms with Gasteiger partial charge < -0.3 is 20.1 Å². The van der Waals surface area contributed by atoms with Gasteiger partial charge in [0.15, 0.2) is 0 Å². The van der Waals surface area contributed by atoms with Crippen molar-refractivity contribution in [3.63, 3.8) is 0 Å². The van der Waals surface area contributed by atoms with Gasteiger partial charge in [0.05, 0.1) is 24.5 Å². The van der Waals surface area contributed by atoms with E-state index >= 15 is 0 Å². The Hall–Kier alpha value is -0.850. The van der Waals surface area contributed by atoms with Crippen LogP contribution in [0.1, 0.15) is 26.7 Å². The van der Waals surface area contributed by atoms with Crippen molar-refractivity contribution in [2.75, 3.05) is 40.0 Å². The summed E-state index contributed by atoms with van der Waals surface area (Å²) in [5, 5.41) is 6.11. The summed E-state index contributed by atoms with van der Waals surface area (Å²) in [6.45, 7) is 6.21. The van der Waals surface area contributed by atoms with Crippen molar-refractivity contribution < 1.29 is 19.1 Å². The van der Waals surface area contributed by atoms with Crippen LogP contribution in [0, 0.1) is 11.3 Å². The van der Waals surface area contributed by atoms with Crippen LogP contribution < -0.4 is 10.6 Å². The Labute approximate surface area is 132 Å². The number of carbonyl (C=O) groups excluding carboxylic acids is 2. The fourth-order valence-electron chi connectivity index (χ4n) is 2.42. The van der Waals surface area contributed by atoms with Crippen molar-refractivity contribution in [2.24, 2.45) is 11.3 Å². The highest BCUT2D eigenvalue weighted by atomic mass is 35.5. The highest BCUT2D eigenvalue weighted by Crippen LogP contribution is 2.29. The largest absolute Gasteiger partial charge is 0.466 e. The number of halogens is 1. The number of hydrogen-bond acceptors (Lipinski definition) is 5. The van der Waals surface area contributed by atoms with E-state index in [-0.39, 0.29) is 30.2 Å². The van der Waals surface area contributed by atoms with Gasteiger partial charge in [-0.3, -0.25) is 9.59 Å². The Morgan fingerprint density at radius 1 is 1.33 bits per heavy atom. The van der Waals surface area contributed by atoms with Crippen molar-refractivity contribution in [1.82, 2.24) is 10.6 Å². The standard InChI is InChI=1S/C14H26N2O4.ClH/c1-4-20-12(17)11(2)9-16-13(18)14(10-19-3)5-7-15-8-6-14;/h11,15H,4-10H2,1-3H3,(H,16,18);1H. The van der Waals surface area contributed by atoms with Gasteiger partial charge in [-0.2, -0.15) is 0 Å². The monoisotopic (exact) mass is 322 g/mol. The number of esters is 1. The lowest BCUT2D eigenvalue weighted by atomic mass is 9.78. The van der Waals surface area contributed by atoms with Gasteiger partial charge in [0.2, 0.25) is 5.91 Å². The molecular weight excluding hydrogens is 296 g/mol. The quantitative estimate of drug-likeness (QED) is 0.676. The molecular formula is C14H27ClN2O4. The molecule has 1 amide bonds. The van der Waals surface area contributed by atoms with Crippen LogP contribution >= 0.6 is 12.4 Å². The topological polar surface area (TPSA) is 76.7 Å². The molecule has 1 rings (SSSR count). The third-order valence-electron chi connectivity index (χ3n) is 3.72. The molecule has 0 aromatic heterocycles. The van der Waals surface area contributed by atoms with Gasteiger partial charge in [-0.25, -0.2) is 0 Å². The van der Waals surface area contributed by atoms with Crippen LogP contribution in [-0.4, -0.2) is 51.8 Å². The predicted octanol–water partition coefficient (Wildman–Crippen LogP) is 0.740. The maximum Gasteiger partial charge on any atom is 0.310 e. The molecule has 6 nitrogen and oxygen atoms in total. The first-order valence-corrected chi connectivity index (χ1v) is 7.20. The number of carbonyl (C=O) groups is 2. The van der Waals surface area contributed by atoms with E-state index in [4.69, 9.17) is 9.47 Å². The van der Waals surface area contributed by atoms with E-state index in [9.17, 15) is 9.59 Å². The number of rotatable bonds is 7. The average molecular weight is 323 g/mol. The molecule has 7 heteroatoms. The summed E-state index contributed by atoms with van der Waals surface area (Å²) in [6, 6.07) is 0. The van der Waals surface area contributed by atoms with Crippen molar-refractivity contribution >= 4 is 24.3 Å². The summed E-state index contributed by atoms with van der Waals surface area (Å²) < 4.78 is 10.1. The van der Waals surface area contributed by atoms with Crippen LogP contribution in [0.25, 0.3) is 0 Å². The minimum atomic E-state index is -0.478. The lowest BCUT2D eigenvalue weighted by molar-refractivity contribution is -0.147. The zero-order chi connectivity index (χ0) is 15.0. The summed E-state index contributed by atoms with van der Waals surface area (Å²) in [4.78, 5) is 24.0. The van der Waals surface area contributed by atoms with Gasteiger partial charge in [-0.15, -0.1) is 12.4 Å². The molecule has 21 heavy (non-hydrogen) atoms. The highest BCUT2D eigenvalue weighted by Gasteiger charge is 2.39. The van der Waals surface area contributed by atoms with Gasteiger partial charge >= 0.3 is 5.97 Å². The SMILES string of the molecule is CCOC(=O)C(C)CNC(=O)C1(COC)CCNCC1.Cl. The van der Waals surface area contributed by atoms with Gasteiger partial charge in [0.25, 0.3) is 0 Å². The Balaban J connectivity index is 0.00000400. The van der Waals surface area contributed by atoms with E-state index in [2.05, 4.69) is 10.6 Å².